The Hall–Kier alpha value is -3.55. The Labute approximate surface area is 155 Å². The molecule has 0 spiro atoms. The maximum atomic E-state index is 12.0. The smallest absolute Gasteiger partial charge is 0.306 e. The van der Waals surface area contributed by atoms with Gasteiger partial charge in [0.25, 0.3) is 11.6 Å². The summed E-state index contributed by atoms with van der Waals surface area (Å²) in [6.45, 7) is 1.83. The topological polar surface area (TPSA) is 108 Å². The molecule has 0 saturated carbocycles. The Morgan fingerprint density at radius 3 is 2.52 bits per heavy atom. The van der Waals surface area contributed by atoms with Crippen molar-refractivity contribution in [1.82, 2.24) is 10.2 Å². The van der Waals surface area contributed by atoms with Crippen molar-refractivity contribution in [2.45, 2.75) is 25.9 Å². The van der Waals surface area contributed by atoms with Gasteiger partial charge in [0.1, 0.15) is 0 Å². The molecule has 2 aromatic carbocycles. The molecule has 0 N–H and O–H groups in total. The van der Waals surface area contributed by atoms with Crippen LogP contribution in [0, 0.1) is 10.1 Å². The molecule has 1 aromatic heterocycles. The van der Waals surface area contributed by atoms with Crippen molar-refractivity contribution in [3.8, 4) is 11.5 Å². The van der Waals surface area contributed by atoms with Crippen molar-refractivity contribution in [3.63, 3.8) is 0 Å². The molecule has 0 aliphatic heterocycles. The Kier molecular flexibility index (Phi) is 5.55. The van der Waals surface area contributed by atoms with Crippen molar-refractivity contribution < 1.29 is 18.9 Å². The summed E-state index contributed by atoms with van der Waals surface area (Å²) in [6.07, 6.45) is 0.243. The van der Waals surface area contributed by atoms with Gasteiger partial charge in [-0.15, -0.1) is 10.2 Å². The average molecular weight is 367 g/mol. The fourth-order valence-corrected chi connectivity index (χ4v) is 2.50. The zero-order chi connectivity index (χ0) is 19.2. The highest BCUT2D eigenvalue weighted by Crippen LogP contribution is 2.22. The van der Waals surface area contributed by atoms with Gasteiger partial charge in [0, 0.05) is 17.7 Å². The lowest BCUT2D eigenvalue weighted by Gasteiger charge is -2.10. The van der Waals surface area contributed by atoms with Crippen molar-refractivity contribution in [2.24, 2.45) is 0 Å². The van der Waals surface area contributed by atoms with Gasteiger partial charge in [-0.2, -0.15) is 0 Å². The maximum Gasteiger partial charge on any atom is 0.306 e. The van der Waals surface area contributed by atoms with Crippen LogP contribution in [-0.2, 0) is 16.1 Å². The van der Waals surface area contributed by atoms with E-state index in [4.69, 9.17) is 9.15 Å². The van der Waals surface area contributed by atoms with E-state index >= 15 is 0 Å². The van der Waals surface area contributed by atoms with Crippen LogP contribution in [0.15, 0.2) is 59.0 Å². The van der Waals surface area contributed by atoms with E-state index in [9.17, 15) is 14.9 Å². The summed E-state index contributed by atoms with van der Waals surface area (Å²) in [4.78, 5) is 22.2. The lowest BCUT2D eigenvalue weighted by molar-refractivity contribution is -0.384. The minimum absolute atomic E-state index is 0.0278. The van der Waals surface area contributed by atoms with Crippen LogP contribution >= 0.6 is 0 Å². The van der Waals surface area contributed by atoms with Crippen LogP contribution in [0.5, 0.6) is 0 Å². The van der Waals surface area contributed by atoms with Gasteiger partial charge in [0.15, 0.2) is 6.61 Å². The minimum Gasteiger partial charge on any atom is -0.456 e. The van der Waals surface area contributed by atoms with Gasteiger partial charge in [-0.3, -0.25) is 14.9 Å². The molecule has 1 heterocycles. The molecule has 0 aliphatic carbocycles. The molecule has 0 saturated heterocycles. The number of carbonyl (C=O) groups excluding carboxylic acids is 1. The van der Waals surface area contributed by atoms with E-state index in [1.54, 1.807) is 0 Å². The first-order chi connectivity index (χ1) is 13.0. The van der Waals surface area contributed by atoms with Crippen LogP contribution in [0.25, 0.3) is 11.5 Å². The standard InChI is InChI=1S/C19H17N3O5/c1-13(14-5-3-2-4-6-14)11-18(23)26-12-17-20-21-19(27-17)15-7-9-16(10-8-15)22(24)25/h2-10,13H,11-12H2,1H3/t13-/m0/s1. The Balaban J connectivity index is 1.54. The van der Waals surface area contributed by atoms with Gasteiger partial charge >= 0.3 is 5.97 Å². The van der Waals surface area contributed by atoms with Crippen molar-refractivity contribution in [1.29, 1.82) is 0 Å². The number of carbonyl (C=O) groups is 1. The first-order valence-corrected chi connectivity index (χ1v) is 8.30. The molecule has 0 fully saturated rings. The number of aromatic nitrogens is 2. The van der Waals surface area contributed by atoms with Crippen LogP contribution in [-0.4, -0.2) is 21.1 Å². The number of hydrogen-bond donors (Lipinski definition) is 0. The molecule has 3 rings (SSSR count). The van der Waals surface area contributed by atoms with Crippen LogP contribution in [0.1, 0.15) is 30.7 Å². The first kappa shape index (κ1) is 18.2. The van der Waals surface area contributed by atoms with E-state index in [2.05, 4.69) is 10.2 Å². The Bertz CT molecular complexity index is 922. The Morgan fingerprint density at radius 2 is 1.85 bits per heavy atom. The van der Waals surface area contributed by atoms with Crippen LogP contribution in [0.2, 0.25) is 0 Å². The van der Waals surface area contributed by atoms with E-state index in [1.165, 1.54) is 24.3 Å². The number of ether oxygens (including phenoxy) is 1. The number of nitrogens with zero attached hydrogens (tertiary/aromatic N) is 3. The number of esters is 1. The summed E-state index contributed by atoms with van der Waals surface area (Å²) in [5.41, 5.74) is 1.58. The monoisotopic (exact) mass is 367 g/mol. The van der Waals surface area contributed by atoms with Crippen LogP contribution in [0.4, 0.5) is 5.69 Å². The van der Waals surface area contributed by atoms with E-state index in [1.807, 2.05) is 37.3 Å². The molecule has 1 atom stereocenters. The number of nitro benzene ring substituents is 1. The molecule has 0 unspecified atom stereocenters. The number of benzene rings is 2. The molecule has 138 valence electrons. The molecule has 0 radical (unpaired) electrons. The van der Waals surface area contributed by atoms with Crippen molar-refractivity contribution in [3.05, 3.63) is 76.2 Å². The van der Waals surface area contributed by atoms with Crippen LogP contribution in [0.3, 0.4) is 0 Å². The quantitative estimate of drug-likeness (QED) is 0.354. The van der Waals surface area contributed by atoms with E-state index in [0.29, 0.717) is 5.56 Å². The third-order valence-corrected chi connectivity index (χ3v) is 3.99. The first-order valence-electron chi connectivity index (χ1n) is 8.30. The van der Waals surface area contributed by atoms with Gasteiger partial charge in [-0.05, 0) is 23.6 Å². The third kappa shape index (κ3) is 4.75. The Morgan fingerprint density at radius 1 is 1.15 bits per heavy atom. The largest absolute Gasteiger partial charge is 0.456 e. The van der Waals surface area contributed by atoms with Gasteiger partial charge in [0.05, 0.1) is 11.3 Å². The average Bonchev–Trinajstić information content (AvgIpc) is 3.16. The molecular weight excluding hydrogens is 350 g/mol. The number of nitro groups is 1. The fourth-order valence-electron chi connectivity index (χ4n) is 2.50. The summed E-state index contributed by atoms with van der Waals surface area (Å²) in [6, 6.07) is 15.4. The van der Waals surface area contributed by atoms with Crippen molar-refractivity contribution >= 4 is 11.7 Å². The highest BCUT2D eigenvalue weighted by Gasteiger charge is 2.15. The maximum absolute atomic E-state index is 12.0. The molecule has 3 aromatic rings. The SMILES string of the molecule is C[C@@H](CC(=O)OCc1nnc(-c2ccc([N+](=O)[O-])cc2)o1)c1ccccc1. The zero-order valence-corrected chi connectivity index (χ0v) is 14.6. The van der Waals surface area contributed by atoms with Gasteiger partial charge in [0.2, 0.25) is 5.89 Å². The van der Waals surface area contributed by atoms with Crippen LogP contribution < -0.4 is 0 Å². The summed E-state index contributed by atoms with van der Waals surface area (Å²) in [5, 5.41) is 18.4. The number of hydrogen-bond acceptors (Lipinski definition) is 7. The highest BCUT2D eigenvalue weighted by molar-refractivity contribution is 5.70. The lowest BCUT2D eigenvalue weighted by atomic mass is 9.98. The van der Waals surface area contributed by atoms with E-state index in [-0.39, 0.29) is 42.4 Å². The molecule has 8 heteroatoms. The molecule has 8 nitrogen and oxygen atoms in total. The zero-order valence-electron chi connectivity index (χ0n) is 14.6. The van der Waals surface area contributed by atoms with Gasteiger partial charge in [-0.25, -0.2) is 0 Å². The number of non-ortho nitro benzene ring substituents is 1. The lowest BCUT2D eigenvalue weighted by Crippen LogP contribution is -2.08. The summed E-state index contributed by atoms with van der Waals surface area (Å²) < 4.78 is 10.6. The highest BCUT2D eigenvalue weighted by atomic mass is 16.6. The fraction of sp³-hybridized carbons (Fsp3) is 0.211. The van der Waals surface area contributed by atoms with E-state index < -0.39 is 4.92 Å². The van der Waals surface area contributed by atoms with Crippen molar-refractivity contribution in [2.75, 3.05) is 0 Å². The predicted octanol–water partition coefficient (Wildman–Crippen LogP) is 3.88. The summed E-state index contributed by atoms with van der Waals surface area (Å²) in [7, 11) is 0. The second kappa shape index (κ2) is 8.22. The van der Waals surface area contributed by atoms with E-state index in [0.717, 1.165) is 5.56 Å². The normalized spacial score (nSPS) is 11.7. The van der Waals surface area contributed by atoms with Gasteiger partial charge in [-0.1, -0.05) is 37.3 Å². The molecule has 0 amide bonds. The predicted molar refractivity (Wildman–Crippen MR) is 95.7 cm³/mol. The third-order valence-electron chi connectivity index (χ3n) is 3.99. The summed E-state index contributed by atoms with van der Waals surface area (Å²) in [5.74, 6) is 0.0381. The number of rotatable bonds is 7. The molecule has 0 aliphatic rings. The minimum atomic E-state index is -0.487. The molecular formula is C19H17N3O5. The molecule has 0 bridgehead atoms. The second-order valence-corrected chi connectivity index (χ2v) is 5.98. The second-order valence-electron chi connectivity index (χ2n) is 5.98. The van der Waals surface area contributed by atoms with Gasteiger partial charge < -0.3 is 9.15 Å². The summed E-state index contributed by atoms with van der Waals surface area (Å²) >= 11 is 0. The molecule has 27 heavy (non-hydrogen) atoms.